The Labute approximate surface area is 234 Å². The largest absolute Gasteiger partial charge is 0.352 e. The summed E-state index contributed by atoms with van der Waals surface area (Å²) >= 11 is 18.8. The van der Waals surface area contributed by atoms with Gasteiger partial charge in [0.1, 0.15) is 0 Å². The molecule has 0 radical (unpaired) electrons. The number of halogens is 3. The second kappa shape index (κ2) is 10.3. The Morgan fingerprint density at radius 3 is 2.14 bits per heavy atom. The van der Waals surface area contributed by atoms with Gasteiger partial charge in [-0.1, -0.05) is 46.9 Å². The van der Waals surface area contributed by atoms with E-state index in [-0.39, 0.29) is 5.91 Å². The van der Waals surface area contributed by atoms with Crippen LogP contribution in [-0.2, 0) is 0 Å². The van der Waals surface area contributed by atoms with Crippen molar-refractivity contribution in [2.75, 3.05) is 6.54 Å². The third-order valence-electron chi connectivity index (χ3n) is 9.17. The third kappa shape index (κ3) is 5.07. The Balaban J connectivity index is 1.19. The molecular formula is C31H33Cl3N2O. The van der Waals surface area contributed by atoms with Crippen molar-refractivity contribution in [3.8, 4) is 16.9 Å². The van der Waals surface area contributed by atoms with Gasteiger partial charge in [-0.3, -0.25) is 4.79 Å². The van der Waals surface area contributed by atoms with Gasteiger partial charge < -0.3 is 9.88 Å². The second-order valence-electron chi connectivity index (χ2n) is 11.5. The van der Waals surface area contributed by atoms with Crippen molar-refractivity contribution in [2.24, 2.45) is 29.6 Å². The van der Waals surface area contributed by atoms with E-state index in [4.69, 9.17) is 34.8 Å². The molecule has 0 atom stereocenters. The van der Waals surface area contributed by atoms with E-state index in [0.29, 0.717) is 27.2 Å². The van der Waals surface area contributed by atoms with Gasteiger partial charge >= 0.3 is 0 Å². The quantitative estimate of drug-likeness (QED) is 0.290. The van der Waals surface area contributed by atoms with Crippen molar-refractivity contribution in [2.45, 2.75) is 51.9 Å². The molecule has 0 aliphatic heterocycles. The molecule has 4 aliphatic rings. The molecule has 1 aromatic heterocycles. The lowest BCUT2D eigenvalue weighted by molar-refractivity contribution is -0.0401. The maximum atomic E-state index is 13.4. The lowest BCUT2D eigenvalue weighted by atomic mass is 9.51. The summed E-state index contributed by atoms with van der Waals surface area (Å²) < 4.78 is 2.00. The summed E-state index contributed by atoms with van der Waals surface area (Å²) in [5, 5.41) is 4.98. The molecule has 4 saturated carbocycles. The lowest BCUT2D eigenvalue weighted by Gasteiger charge is -2.54. The first-order valence-corrected chi connectivity index (χ1v) is 14.7. The van der Waals surface area contributed by atoms with Crippen LogP contribution >= 0.6 is 34.8 Å². The van der Waals surface area contributed by atoms with E-state index in [0.717, 1.165) is 58.5 Å². The van der Waals surface area contributed by atoms with E-state index in [1.807, 2.05) is 54.1 Å². The van der Waals surface area contributed by atoms with Gasteiger partial charge in [0.05, 0.1) is 11.3 Å². The van der Waals surface area contributed by atoms with Crippen LogP contribution in [0.3, 0.4) is 0 Å². The zero-order chi connectivity index (χ0) is 25.7. The van der Waals surface area contributed by atoms with Crippen molar-refractivity contribution in [1.82, 2.24) is 9.88 Å². The summed E-state index contributed by atoms with van der Waals surface area (Å²) in [6.45, 7) is 2.71. The van der Waals surface area contributed by atoms with Gasteiger partial charge in [-0.15, -0.1) is 0 Å². The highest BCUT2D eigenvalue weighted by Crippen LogP contribution is 2.57. The Kier molecular flexibility index (Phi) is 7.07. The normalized spacial score (nSPS) is 26.0. The van der Waals surface area contributed by atoms with E-state index >= 15 is 0 Å². The maximum Gasteiger partial charge on any atom is 0.253 e. The molecule has 3 nitrogen and oxygen atoms in total. The van der Waals surface area contributed by atoms with Crippen molar-refractivity contribution in [1.29, 1.82) is 0 Å². The molecule has 0 spiro atoms. The predicted octanol–water partition coefficient (Wildman–Crippen LogP) is 9.00. The Hall–Kier alpha value is -1.94. The van der Waals surface area contributed by atoms with Crippen molar-refractivity contribution in [3.63, 3.8) is 0 Å². The van der Waals surface area contributed by atoms with Crippen LogP contribution in [0.15, 0.2) is 48.7 Å². The number of aromatic nitrogens is 1. The summed E-state index contributed by atoms with van der Waals surface area (Å²) in [6.07, 6.45) is 11.5. The summed E-state index contributed by atoms with van der Waals surface area (Å²) in [5.74, 6) is 4.73. The van der Waals surface area contributed by atoms with Gasteiger partial charge in [0.2, 0.25) is 0 Å². The first-order chi connectivity index (χ1) is 17.9. The maximum absolute atomic E-state index is 13.4. The molecular weight excluding hydrogens is 523 g/mol. The van der Waals surface area contributed by atoms with Gasteiger partial charge in [-0.05, 0) is 123 Å². The molecule has 6 heteroatoms. The molecule has 7 rings (SSSR count). The molecule has 3 aromatic rings. The standard InChI is InChI=1S/C31H33Cl3N2O/c1-18-29(31(37)35-8-2-3-28-22-10-19-9-20(12-22)13-23(28)11-19)17-36(27-15-25(33)14-26(34)16-27)30(18)21-4-6-24(32)7-5-21/h4-7,14-17,19-20,22-23,28H,2-3,8-13H2,1H3,(H,35,37). The molecule has 4 fully saturated rings. The molecule has 194 valence electrons. The van der Waals surface area contributed by atoms with Gasteiger partial charge in [-0.25, -0.2) is 0 Å². The molecule has 0 unspecified atom stereocenters. The Morgan fingerprint density at radius 2 is 1.51 bits per heavy atom. The van der Waals surface area contributed by atoms with Crippen LogP contribution in [0.1, 0.15) is 60.9 Å². The number of carbonyl (C=O) groups excluding carboxylic acids is 1. The molecule has 1 amide bonds. The summed E-state index contributed by atoms with van der Waals surface area (Å²) in [5.41, 5.74) is 4.28. The van der Waals surface area contributed by atoms with Crippen LogP contribution in [0.25, 0.3) is 16.9 Å². The molecule has 37 heavy (non-hydrogen) atoms. The predicted molar refractivity (Wildman–Crippen MR) is 153 cm³/mol. The van der Waals surface area contributed by atoms with Gasteiger partial charge in [0.25, 0.3) is 5.91 Å². The highest BCUT2D eigenvalue weighted by Gasteiger charge is 2.47. The molecule has 4 bridgehead atoms. The van der Waals surface area contributed by atoms with Gasteiger partial charge in [0.15, 0.2) is 0 Å². The lowest BCUT2D eigenvalue weighted by Crippen LogP contribution is -2.45. The SMILES string of the molecule is Cc1c(C(=O)NCCCC2C3CC4CC(C3)CC2C4)cn(-c2cc(Cl)cc(Cl)c2)c1-c1ccc(Cl)cc1. The number of nitrogens with one attached hydrogen (secondary N) is 1. The molecule has 1 N–H and O–H groups in total. The van der Waals surface area contributed by atoms with Crippen molar-refractivity contribution >= 4 is 40.7 Å². The monoisotopic (exact) mass is 554 g/mol. The van der Waals surface area contributed by atoms with Gasteiger partial charge in [0, 0.05) is 33.5 Å². The van der Waals surface area contributed by atoms with E-state index in [1.165, 1.54) is 38.5 Å². The smallest absolute Gasteiger partial charge is 0.253 e. The van der Waals surface area contributed by atoms with E-state index in [9.17, 15) is 4.79 Å². The third-order valence-corrected chi connectivity index (χ3v) is 9.86. The zero-order valence-electron chi connectivity index (χ0n) is 21.2. The molecule has 1 heterocycles. The number of benzene rings is 2. The average molecular weight is 556 g/mol. The highest BCUT2D eigenvalue weighted by atomic mass is 35.5. The van der Waals surface area contributed by atoms with E-state index in [2.05, 4.69) is 5.32 Å². The van der Waals surface area contributed by atoms with Crippen LogP contribution in [0.2, 0.25) is 15.1 Å². The number of hydrogen-bond acceptors (Lipinski definition) is 1. The number of hydrogen-bond donors (Lipinski definition) is 1. The highest BCUT2D eigenvalue weighted by molar-refractivity contribution is 6.35. The molecule has 4 aliphatic carbocycles. The van der Waals surface area contributed by atoms with Crippen LogP contribution in [0.5, 0.6) is 0 Å². The fraction of sp³-hybridized carbons (Fsp3) is 0.452. The second-order valence-corrected chi connectivity index (χ2v) is 12.8. The first-order valence-electron chi connectivity index (χ1n) is 13.6. The van der Waals surface area contributed by atoms with Crippen LogP contribution in [-0.4, -0.2) is 17.0 Å². The first kappa shape index (κ1) is 25.3. The van der Waals surface area contributed by atoms with Gasteiger partial charge in [-0.2, -0.15) is 0 Å². The fourth-order valence-electron chi connectivity index (χ4n) is 7.82. The minimum Gasteiger partial charge on any atom is -0.352 e. The van der Waals surface area contributed by atoms with Crippen LogP contribution in [0.4, 0.5) is 0 Å². The summed E-state index contributed by atoms with van der Waals surface area (Å²) in [7, 11) is 0. The Bertz CT molecular complexity index is 1260. The summed E-state index contributed by atoms with van der Waals surface area (Å²) in [4.78, 5) is 13.4. The Morgan fingerprint density at radius 1 is 0.892 bits per heavy atom. The zero-order valence-corrected chi connectivity index (χ0v) is 23.4. The van der Waals surface area contributed by atoms with E-state index in [1.54, 1.807) is 6.07 Å². The van der Waals surface area contributed by atoms with Crippen LogP contribution < -0.4 is 5.32 Å². The van der Waals surface area contributed by atoms with E-state index < -0.39 is 0 Å². The molecule has 2 aromatic carbocycles. The van der Waals surface area contributed by atoms with Crippen molar-refractivity contribution in [3.05, 3.63) is 74.9 Å². The minimum atomic E-state index is -0.0373. The average Bonchev–Trinajstić information content (AvgIpc) is 3.19. The topological polar surface area (TPSA) is 34.0 Å². The number of carbonyl (C=O) groups is 1. The summed E-state index contributed by atoms with van der Waals surface area (Å²) in [6, 6.07) is 13.1. The van der Waals surface area contributed by atoms with Crippen LogP contribution in [0, 0.1) is 36.5 Å². The van der Waals surface area contributed by atoms with Crippen molar-refractivity contribution < 1.29 is 4.79 Å². The number of nitrogens with zero attached hydrogens (tertiary/aromatic N) is 1. The number of amides is 1. The minimum absolute atomic E-state index is 0.0373. The number of rotatable bonds is 7. The molecule has 0 saturated heterocycles. The fourth-order valence-corrected chi connectivity index (χ4v) is 8.46.